The first-order valence-corrected chi connectivity index (χ1v) is 5.92. The van der Waals surface area contributed by atoms with Crippen molar-refractivity contribution >= 4 is 5.91 Å². The number of amides is 1. The molecule has 0 N–H and O–H groups in total. The Balaban J connectivity index is 2.52. The first-order valence-electron chi connectivity index (χ1n) is 5.92. The minimum absolute atomic E-state index is 0.120. The van der Waals surface area contributed by atoms with Gasteiger partial charge in [-0.2, -0.15) is 0 Å². The van der Waals surface area contributed by atoms with Gasteiger partial charge in [-0.3, -0.25) is 4.79 Å². The topological polar surface area (TPSA) is 29.5 Å². The van der Waals surface area contributed by atoms with Crippen LogP contribution in [0, 0.1) is 5.92 Å². The average molecular weight is 213 g/mol. The smallest absolute Gasteiger partial charge is 0.228 e. The van der Waals surface area contributed by atoms with E-state index < -0.39 is 0 Å². The van der Waals surface area contributed by atoms with Crippen LogP contribution in [-0.2, 0) is 9.53 Å². The summed E-state index contributed by atoms with van der Waals surface area (Å²) in [6.45, 7) is 10.9. The zero-order valence-electron chi connectivity index (χ0n) is 10.5. The molecule has 0 radical (unpaired) electrons. The van der Waals surface area contributed by atoms with Crippen molar-refractivity contribution in [2.75, 3.05) is 6.61 Å². The van der Waals surface area contributed by atoms with Crippen LogP contribution in [0.25, 0.3) is 0 Å². The number of rotatable bonds is 5. The van der Waals surface area contributed by atoms with Gasteiger partial charge in [0.15, 0.2) is 0 Å². The van der Waals surface area contributed by atoms with Gasteiger partial charge in [-0.1, -0.05) is 0 Å². The predicted molar refractivity (Wildman–Crippen MR) is 60.6 cm³/mol. The van der Waals surface area contributed by atoms with Gasteiger partial charge in [0.1, 0.15) is 0 Å². The molecular formula is C12H23NO2. The van der Waals surface area contributed by atoms with Crippen molar-refractivity contribution in [2.24, 2.45) is 5.92 Å². The maximum absolute atomic E-state index is 12.1. The van der Waals surface area contributed by atoms with Gasteiger partial charge in [0.2, 0.25) is 5.91 Å². The van der Waals surface area contributed by atoms with Gasteiger partial charge < -0.3 is 9.64 Å². The summed E-state index contributed by atoms with van der Waals surface area (Å²) >= 11 is 0. The van der Waals surface area contributed by atoms with Crippen LogP contribution in [0.3, 0.4) is 0 Å². The first-order chi connectivity index (χ1) is 6.99. The highest BCUT2D eigenvalue weighted by Crippen LogP contribution is 2.36. The van der Waals surface area contributed by atoms with E-state index in [4.69, 9.17) is 4.74 Å². The van der Waals surface area contributed by atoms with Crippen LogP contribution in [0.2, 0.25) is 0 Å². The molecule has 88 valence electrons. The second-order valence-corrected chi connectivity index (χ2v) is 4.77. The second kappa shape index (κ2) is 4.97. The Morgan fingerprint density at radius 2 is 1.87 bits per heavy atom. The lowest BCUT2D eigenvalue weighted by molar-refractivity contribution is -0.137. The lowest BCUT2D eigenvalue weighted by Crippen LogP contribution is -2.43. The summed E-state index contributed by atoms with van der Waals surface area (Å²) in [6, 6.07) is 0.556. The lowest BCUT2D eigenvalue weighted by Gasteiger charge is -2.31. The molecule has 1 saturated carbocycles. The number of hydrogen-bond donors (Lipinski definition) is 0. The van der Waals surface area contributed by atoms with E-state index in [1.54, 1.807) is 0 Å². The summed E-state index contributed by atoms with van der Waals surface area (Å²) in [5.74, 6) is 0.383. The van der Waals surface area contributed by atoms with Crippen molar-refractivity contribution in [3.05, 3.63) is 0 Å². The molecule has 1 aliphatic rings. The van der Waals surface area contributed by atoms with Crippen molar-refractivity contribution in [2.45, 2.75) is 59.2 Å². The zero-order valence-corrected chi connectivity index (χ0v) is 10.5. The van der Waals surface area contributed by atoms with E-state index in [1.807, 2.05) is 11.8 Å². The minimum Gasteiger partial charge on any atom is -0.378 e. The van der Waals surface area contributed by atoms with Crippen LogP contribution in [0.4, 0.5) is 0 Å². The van der Waals surface area contributed by atoms with Crippen LogP contribution < -0.4 is 0 Å². The zero-order chi connectivity index (χ0) is 11.6. The molecule has 1 aliphatic carbocycles. The van der Waals surface area contributed by atoms with E-state index in [0.29, 0.717) is 6.61 Å². The second-order valence-electron chi connectivity index (χ2n) is 4.77. The van der Waals surface area contributed by atoms with E-state index in [-0.39, 0.29) is 30.0 Å². The summed E-state index contributed by atoms with van der Waals surface area (Å²) in [5.41, 5.74) is 0. The molecule has 2 atom stereocenters. The molecule has 1 fully saturated rings. The van der Waals surface area contributed by atoms with Gasteiger partial charge >= 0.3 is 0 Å². The van der Waals surface area contributed by atoms with Crippen molar-refractivity contribution in [3.8, 4) is 0 Å². The molecule has 15 heavy (non-hydrogen) atoms. The summed E-state index contributed by atoms with van der Waals surface area (Å²) in [7, 11) is 0. The molecular weight excluding hydrogens is 190 g/mol. The standard InChI is InChI=1S/C12H23NO2/c1-6-15-11-7-10(11)12(14)13(8(2)3)9(4)5/h8-11H,6-7H2,1-5H3/t10-,11+/m1/s1. The molecule has 3 heteroatoms. The summed E-state index contributed by atoms with van der Waals surface area (Å²) < 4.78 is 5.45. The van der Waals surface area contributed by atoms with Crippen molar-refractivity contribution in [1.82, 2.24) is 4.90 Å². The van der Waals surface area contributed by atoms with Crippen LogP contribution in [-0.4, -0.2) is 35.6 Å². The maximum Gasteiger partial charge on any atom is 0.228 e. The van der Waals surface area contributed by atoms with Crippen molar-refractivity contribution in [3.63, 3.8) is 0 Å². The number of nitrogens with zero attached hydrogens (tertiary/aromatic N) is 1. The Hall–Kier alpha value is -0.570. The van der Waals surface area contributed by atoms with E-state index in [2.05, 4.69) is 27.7 Å². The fraction of sp³-hybridized carbons (Fsp3) is 0.917. The van der Waals surface area contributed by atoms with E-state index >= 15 is 0 Å². The molecule has 3 nitrogen and oxygen atoms in total. The number of ether oxygens (including phenoxy) is 1. The highest BCUT2D eigenvalue weighted by atomic mass is 16.5. The van der Waals surface area contributed by atoms with E-state index in [0.717, 1.165) is 6.42 Å². The molecule has 0 bridgehead atoms. The highest BCUT2D eigenvalue weighted by Gasteiger charge is 2.46. The summed E-state index contributed by atoms with van der Waals surface area (Å²) in [6.07, 6.45) is 1.09. The predicted octanol–water partition coefficient (Wildman–Crippen LogP) is 2.06. The third-order valence-electron chi connectivity index (χ3n) is 2.80. The number of hydrogen-bond acceptors (Lipinski definition) is 2. The van der Waals surface area contributed by atoms with E-state index in [1.165, 1.54) is 0 Å². The summed E-state index contributed by atoms with van der Waals surface area (Å²) in [5, 5.41) is 0. The van der Waals surface area contributed by atoms with Crippen molar-refractivity contribution < 1.29 is 9.53 Å². The van der Waals surface area contributed by atoms with Gasteiger partial charge in [-0.05, 0) is 41.0 Å². The molecule has 0 heterocycles. The van der Waals surface area contributed by atoms with Gasteiger partial charge in [-0.25, -0.2) is 0 Å². The minimum atomic E-state index is 0.120. The molecule has 1 rings (SSSR count). The molecule has 0 aromatic heterocycles. The SMILES string of the molecule is CCO[C@H]1C[C@H]1C(=O)N(C(C)C)C(C)C. The Morgan fingerprint density at radius 1 is 1.33 bits per heavy atom. The van der Waals surface area contributed by atoms with Crippen LogP contribution >= 0.6 is 0 Å². The van der Waals surface area contributed by atoms with E-state index in [9.17, 15) is 4.79 Å². The normalized spacial score (nSPS) is 24.7. The third-order valence-corrected chi connectivity index (χ3v) is 2.80. The maximum atomic E-state index is 12.1. The Kier molecular flexibility index (Phi) is 4.14. The van der Waals surface area contributed by atoms with Crippen LogP contribution in [0.1, 0.15) is 41.0 Å². The molecule has 1 amide bonds. The van der Waals surface area contributed by atoms with Gasteiger partial charge in [0.25, 0.3) is 0 Å². The monoisotopic (exact) mass is 213 g/mol. The van der Waals surface area contributed by atoms with Crippen LogP contribution in [0.15, 0.2) is 0 Å². The Labute approximate surface area is 92.8 Å². The first kappa shape index (κ1) is 12.5. The fourth-order valence-electron chi connectivity index (χ4n) is 2.13. The quantitative estimate of drug-likeness (QED) is 0.699. The van der Waals surface area contributed by atoms with Gasteiger partial charge in [-0.15, -0.1) is 0 Å². The summed E-state index contributed by atoms with van der Waals surface area (Å²) in [4.78, 5) is 14.1. The van der Waals surface area contributed by atoms with Crippen LogP contribution in [0.5, 0.6) is 0 Å². The molecule has 0 aliphatic heterocycles. The highest BCUT2D eigenvalue weighted by molar-refractivity contribution is 5.82. The van der Waals surface area contributed by atoms with Gasteiger partial charge in [0.05, 0.1) is 12.0 Å². The molecule has 0 spiro atoms. The van der Waals surface area contributed by atoms with Crippen molar-refractivity contribution in [1.29, 1.82) is 0 Å². The molecule has 0 saturated heterocycles. The molecule has 0 unspecified atom stereocenters. The molecule has 0 aromatic rings. The number of carbonyl (C=O) groups excluding carboxylic acids is 1. The Bertz CT molecular complexity index is 218. The lowest BCUT2D eigenvalue weighted by atomic mass is 10.2. The van der Waals surface area contributed by atoms with Gasteiger partial charge in [0, 0.05) is 18.7 Å². The molecule has 0 aromatic carbocycles. The fourth-order valence-corrected chi connectivity index (χ4v) is 2.13. The number of carbonyl (C=O) groups is 1. The average Bonchev–Trinajstić information content (AvgIpc) is 2.82. The third kappa shape index (κ3) is 2.94. The Morgan fingerprint density at radius 3 is 2.27 bits per heavy atom. The largest absolute Gasteiger partial charge is 0.378 e.